The standard InChI is InChI=1S/C20H21ClO4/c1-3-7-16-8-5-6-9-18(16)24-10-11-25-20-17(21)12-15(14-22)13-19(20)23-4-2/h3,5-6,8-9,12-14H,1,4,7,10-11H2,2H3. The fraction of sp³-hybridized carbons (Fsp3) is 0.250. The second-order valence-electron chi connectivity index (χ2n) is 5.18. The highest BCUT2D eigenvalue weighted by atomic mass is 35.5. The molecule has 0 atom stereocenters. The summed E-state index contributed by atoms with van der Waals surface area (Å²) in [5, 5.41) is 0.333. The van der Waals surface area contributed by atoms with Gasteiger partial charge in [-0.3, -0.25) is 4.79 Å². The van der Waals surface area contributed by atoms with E-state index in [-0.39, 0.29) is 0 Å². The van der Waals surface area contributed by atoms with E-state index in [1.165, 1.54) is 0 Å². The van der Waals surface area contributed by atoms with Gasteiger partial charge in [-0.2, -0.15) is 0 Å². The maximum absolute atomic E-state index is 10.9. The van der Waals surface area contributed by atoms with Gasteiger partial charge in [-0.05, 0) is 37.1 Å². The number of hydrogen-bond donors (Lipinski definition) is 0. The first-order valence-electron chi connectivity index (χ1n) is 8.05. The number of carbonyl (C=O) groups excluding carboxylic acids is 1. The lowest BCUT2D eigenvalue weighted by Crippen LogP contribution is -2.11. The van der Waals surface area contributed by atoms with Crippen LogP contribution >= 0.6 is 11.6 Å². The SMILES string of the molecule is C=CCc1ccccc1OCCOc1c(Cl)cc(C=O)cc1OCC. The van der Waals surface area contributed by atoms with Crippen molar-refractivity contribution in [3.8, 4) is 17.2 Å². The minimum Gasteiger partial charge on any atom is -0.490 e. The van der Waals surface area contributed by atoms with Crippen LogP contribution in [-0.4, -0.2) is 26.1 Å². The molecule has 2 rings (SSSR count). The number of hydrogen-bond acceptors (Lipinski definition) is 4. The lowest BCUT2D eigenvalue weighted by atomic mass is 10.1. The molecule has 0 unspecified atom stereocenters. The molecule has 0 saturated heterocycles. The smallest absolute Gasteiger partial charge is 0.179 e. The Bertz CT molecular complexity index is 728. The first kappa shape index (κ1) is 18.9. The van der Waals surface area contributed by atoms with Crippen LogP contribution in [0.5, 0.6) is 17.2 Å². The summed E-state index contributed by atoms with van der Waals surface area (Å²) in [7, 11) is 0. The Morgan fingerprint density at radius 1 is 1.08 bits per heavy atom. The predicted octanol–water partition coefficient (Wildman–Crippen LogP) is 4.74. The number of halogens is 1. The predicted molar refractivity (Wildman–Crippen MR) is 99.3 cm³/mol. The van der Waals surface area contributed by atoms with Crippen molar-refractivity contribution in [2.75, 3.05) is 19.8 Å². The van der Waals surface area contributed by atoms with E-state index in [1.54, 1.807) is 12.1 Å². The quantitative estimate of drug-likeness (QED) is 0.349. The van der Waals surface area contributed by atoms with Crippen molar-refractivity contribution in [2.45, 2.75) is 13.3 Å². The van der Waals surface area contributed by atoms with Gasteiger partial charge in [0.2, 0.25) is 0 Å². The number of ether oxygens (including phenoxy) is 3. The zero-order valence-electron chi connectivity index (χ0n) is 14.2. The van der Waals surface area contributed by atoms with Crippen molar-refractivity contribution >= 4 is 17.9 Å². The van der Waals surface area contributed by atoms with Gasteiger partial charge < -0.3 is 14.2 Å². The highest BCUT2D eigenvalue weighted by molar-refractivity contribution is 6.32. The Morgan fingerprint density at radius 3 is 2.56 bits per heavy atom. The van der Waals surface area contributed by atoms with Crippen LogP contribution < -0.4 is 14.2 Å². The molecule has 5 heteroatoms. The van der Waals surface area contributed by atoms with E-state index >= 15 is 0 Å². The van der Waals surface area contributed by atoms with Gasteiger partial charge in [0.1, 0.15) is 25.2 Å². The number of rotatable bonds is 10. The number of para-hydroxylation sites is 1. The van der Waals surface area contributed by atoms with E-state index in [4.69, 9.17) is 25.8 Å². The largest absolute Gasteiger partial charge is 0.490 e. The second kappa shape index (κ2) is 9.74. The van der Waals surface area contributed by atoms with Crippen LogP contribution in [0.4, 0.5) is 0 Å². The number of aldehydes is 1. The Labute approximate surface area is 153 Å². The van der Waals surface area contributed by atoms with E-state index in [0.29, 0.717) is 41.9 Å². The molecule has 0 aliphatic rings. The van der Waals surface area contributed by atoms with Crippen molar-refractivity contribution in [1.29, 1.82) is 0 Å². The van der Waals surface area contributed by atoms with Crippen LogP contribution in [0.3, 0.4) is 0 Å². The molecule has 0 saturated carbocycles. The van der Waals surface area contributed by atoms with E-state index in [9.17, 15) is 4.79 Å². The van der Waals surface area contributed by atoms with Gasteiger partial charge in [-0.1, -0.05) is 35.9 Å². The van der Waals surface area contributed by atoms with Gasteiger partial charge in [0.05, 0.1) is 11.6 Å². The molecule has 0 spiro atoms. The van der Waals surface area contributed by atoms with Gasteiger partial charge >= 0.3 is 0 Å². The van der Waals surface area contributed by atoms with Crippen molar-refractivity contribution in [2.24, 2.45) is 0 Å². The molecule has 0 fully saturated rings. The van der Waals surface area contributed by atoms with Crippen molar-refractivity contribution in [3.05, 3.63) is 65.2 Å². The third kappa shape index (κ3) is 5.26. The van der Waals surface area contributed by atoms with Gasteiger partial charge in [-0.25, -0.2) is 0 Å². The van der Waals surface area contributed by atoms with E-state index in [1.807, 2.05) is 37.3 Å². The number of benzene rings is 2. The highest BCUT2D eigenvalue weighted by Gasteiger charge is 2.12. The lowest BCUT2D eigenvalue weighted by molar-refractivity contribution is 0.112. The van der Waals surface area contributed by atoms with Gasteiger partial charge in [0.15, 0.2) is 11.5 Å². The molecular formula is C20H21ClO4. The minimum absolute atomic E-state index is 0.294. The van der Waals surface area contributed by atoms with Gasteiger partial charge in [0.25, 0.3) is 0 Å². The van der Waals surface area contributed by atoms with E-state index < -0.39 is 0 Å². The van der Waals surface area contributed by atoms with Crippen molar-refractivity contribution < 1.29 is 19.0 Å². The maximum Gasteiger partial charge on any atom is 0.179 e. The van der Waals surface area contributed by atoms with Crippen LogP contribution in [0.1, 0.15) is 22.8 Å². The monoisotopic (exact) mass is 360 g/mol. The van der Waals surface area contributed by atoms with Crippen LogP contribution in [0, 0.1) is 0 Å². The maximum atomic E-state index is 10.9. The summed E-state index contributed by atoms with van der Waals surface area (Å²) in [6.45, 7) is 6.69. The van der Waals surface area contributed by atoms with E-state index in [0.717, 1.165) is 24.0 Å². The van der Waals surface area contributed by atoms with Crippen molar-refractivity contribution in [1.82, 2.24) is 0 Å². The van der Waals surface area contributed by atoms with Crippen LogP contribution in [0.25, 0.3) is 0 Å². The van der Waals surface area contributed by atoms with Crippen molar-refractivity contribution in [3.63, 3.8) is 0 Å². The molecular weight excluding hydrogens is 340 g/mol. The van der Waals surface area contributed by atoms with Gasteiger partial charge in [0, 0.05) is 5.56 Å². The molecule has 0 bridgehead atoms. The minimum atomic E-state index is 0.294. The molecule has 0 N–H and O–H groups in total. The van der Waals surface area contributed by atoms with Gasteiger partial charge in [-0.15, -0.1) is 6.58 Å². The molecule has 0 heterocycles. The third-order valence-corrected chi connectivity index (χ3v) is 3.67. The number of allylic oxidation sites excluding steroid dienone is 1. The van der Waals surface area contributed by atoms with E-state index in [2.05, 4.69) is 6.58 Å². The Kier molecular flexibility index (Phi) is 7.36. The summed E-state index contributed by atoms with van der Waals surface area (Å²) in [5.74, 6) is 1.67. The Balaban J connectivity index is 2.00. The summed E-state index contributed by atoms with van der Waals surface area (Å²) in [5.41, 5.74) is 1.51. The summed E-state index contributed by atoms with van der Waals surface area (Å²) in [6, 6.07) is 11.0. The third-order valence-electron chi connectivity index (χ3n) is 3.39. The molecule has 0 amide bonds. The molecule has 0 aliphatic heterocycles. The molecule has 2 aromatic carbocycles. The molecule has 0 radical (unpaired) electrons. The molecule has 25 heavy (non-hydrogen) atoms. The molecule has 0 aromatic heterocycles. The topological polar surface area (TPSA) is 44.8 Å². The molecule has 132 valence electrons. The number of carbonyl (C=O) groups is 1. The van der Waals surface area contributed by atoms with Crippen LogP contribution in [0.2, 0.25) is 5.02 Å². The first-order valence-corrected chi connectivity index (χ1v) is 8.43. The molecule has 0 aliphatic carbocycles. The van der Waals surface area contributed by atoms with Crippen LogP contribution in [0.15, 0.2) is 49.1 Å². The molecule has 4 nitrogen and oxygen atoms in total. The summed E-state index contributed by atoms with van der Waals surface area (Å²) >= 11 is 6.20. The summed E-state index contributed by atoms with van der Waals surface area (Å²) < 4.78 is 17.0. The fourth-order valence-electron chi connectivity index (χ4n) is 2.32. The zero-order valence-corrected chi connectivity index (χ0v) is 14.9. The Hall–Kier alpha value is -2.46. The molecule has 2 aromatic rings. The van der Waals surface area contributed by atoms with Crippen LogP contribution in [-0.2, 0) is 6.42 Å². The first-order chi connectivity index (χ1) is 12.2. The summed E-state index contributed by atoms with van der Waals surface area (Å²) in [6.07, 6.45) is 3.30. The average Bonchev–Trinajstić information content (AvgIpc) is 2.62. The normalized spacial score (nSPS) is 10.2. The fourth-order valence-corrected chi connectivity index (χ4v) is 2.60. The highest BCUT2D eigenvalue weighted by Crippen LogP contribution is 2.36. The second-order valence-corrected chi connectivity index (χ2v) is 5.59. The summed E-state index contributed by atoms with van der Waals surface area (Å²) in [4.78, 5) is 10.9. The average molecular weight is 361 g/mol. The Morgan fingerprint density at radius 2 is 1.84 bits per heavy atom. The zero-order chi connectivity index (χ0) is 18.1. The lowest BCUT2D eigenvalue weighted by Gasteiger charge is -2.15.